The number of pyridine rings is 2. The first-order chi connectivity index (χ1) is 22.2. The summed E-state index contributed by atoms with van der Waals surface area (Å²) in [5.74, 6) is -0.649. The summed E-state index contributed by atoms with van der Waals surface area (Å²) in [7, 11) is 0. The van der Waals surface area contributed by atoms with Crippen LogP contribution in [0.25, 0.3) is 21.1 Å². The van der Waals surface area contributed by atoms with E-state index in [0.29, 0.717) is 37.5 Å². The molecule has 0 unspecified atom stereocenters. The zero-order valence-electron chi connectivity index (χ0n) is 25.8. The molecule has 0 aliphatic rings. The van der Waals surface area contributed by atoms with Crippen molar-refractivity contribution in [3.05, 3.63) is 59.9 Å². The largest absolute Gasteiger partial charge is 0.448 e. The highest BCUT2D eigenvalue weighted by atomic mass is 35.5. The van der Waals surface area contributed by atoms with Crippen LogP contribution in [0.1, 0.15) is 32.2 Å². The number of hydrogen-bond donors (Lipinski definition) is 1. The summed E-state index contributed by atoms with van der Waals surface area (Å²) in [6, 6.07) is 2.60. The van der Waals surface area contributed by atoms with Gasteiger partial charge in [0.2, 0.25) is 0 Å². The standard InChI is InChI=1S/C17H19ClFN3O4S.C12H11ClFN3O2S/c1-10-14(27-13(21-10)11-7-12(19)9-20-8-11)22(15(23)25-6-5-18)16(24)26-17(2,3)4;1-7-10(17-12(18)19-3-2-13)20-11(16-7)8-4-9(14)6-15-5-8/h7-9H,5-6H2,1-4H3;4-6H,2-3H2,1H3,(H,17,18). The Balaban J connectivity index is 0.000000267. The number of aryl methyl sites for hydroxylation is 2. The van der Waals surface area contributed by atoms with Crippen LogP contribution in [-0.4, -0.2) is 68.8 Å². The maximum atomic E-state index is 13.4. The Labute approximate surface area is 287 Å². The molecule has 0 aliphatic heterocycles. The maximum Gasteiger partial charge on any atom is 0.425 e. The van der Waals surface area contributed by atoms with Gasteiger partial charge in [-0.25, -0.2) is 33.1 Å². The van der Waals surface area contributed by atoms with E-state index in [1.54, 1.807) is 34.6 Å². The monoisotopic (exact) mass is 730 g/mol. The van der Waals surface area contributed by atoms with Crippen molar-refractivity contribution in [3.8, 4) is 21.1 Å². The Morgan fingerprint density at radius 3 is 1.89 bits per heavy atom. The minimum absolute atomic E-state index is 0.0712. The number of amides is 3. The molecule has 47 heavy (non-hydrogen) atoms. The Hall–Kier alpha value is -3.99. The normalized spacial score (nSPS) is 10.8. The van der Waals surface area contributed by atoms with Crippen LogP contribution in [-0.2, 0) is 14.2 Å². The average molecular weight is 732 g/mol. The molecule has 0 atom stereocenters. The van der Waals surface area contributed by atoms with Crippen LogP contribution in [0.2, 0.25) is 0 Å². The second kappa shape index (κ2) is 17.2. The maximum absolute atomic E-state index is 13.4. The number of aromatic nitrogens is 4. The Morgan fingerprint density at radius 2 is 1.36 bits per heavy atom. The molecule has 0 fully saturated rings. The van der Waals surface area contributed by atoms with Gasteiger partial charge in [0.15, 0.2) is 0 Å². The molecule has 12 nitrogen and oxygen atoms in total. The number of rotatable bonds is 8. The van der Waals surface area contributed by atoms with E-state index in [2.05, 4.69) is 25.3 Å². The predicted octanol–water partition coefficient (Wildman–Crippen LogP) is 8.21. The molecule has 4 heterocycles. The van der Waals surface area contributed by atoms with Gasteiger partial charge in [-0.3, -0.25) is 15.3 Å². The highest BCUT2D eigenvalue weighted by molar-refractivity contribution is 7.19. The SMILES string of the molecule is Cc1nc(-c2cncc(F)c2)sc1N(C(=O)OCCCl)C(=O)OC(C)(C)C.Cc1nc(-c2cncc(F)c2)sc1NC(=O)OCCCl. The van der Waals surface area contributed by atoms with Crippen LogP contribution in [0, 0.1) is 25.5 Å². The van der Waals surface area contributed by atoms with Gasteiger partial charge in [0.1, 0.15) is 50.5 Å². The zero-order valence-corrected chi connectivity index (χ0v) is 29.0. The second-order valence-electron chi connectivity index (χ2n) is 10.2. The zero-order chi connectivity index (χ0) is 34.7. The van der Waals surface area contributed by atoms with Gasteiger partial charge < -0.3 is 14.2 Å². The highest BCUT2D eigenvalue weighted by Crippen LogP contribution is 2.36. The van der Waals surface area contributed by atoms with Crippen LogP contribution < -0.4 is 10.2 Å². The predicted molar refractivity (Wildman–Crippen MR) is 177 cm³/mol. The summed E-state index contributed by atoms with van der Waals surface area (Å²) in [5, 5.41) is 4.30. The van der Waals surface area contributed by atoms with Crippen LogP contribution in [0.15, 0.2) is 36.9 Å². The van der Waals surface area contributed by atoms with Gasteiger partial charge in [0, 0.05) is 23.5 Å². The molecule has 0 aromatic carbocycles. The fourth-order valence-electron chi connectivity index (χ4n) is 3.41. The van der Waals surface area contributed by atoms with Crippen LogP contribution in [0.4, 0.5) is 33.2 Å². The van der Waals surface area contributed by atoms with Gasteiger partial charge in [-0.1, -0.05) is 22.7 Å². The summed E-state index contributed by atoms with van der Waals surface area (Å²) in [6.07, 6.45) is 2.71. The van der Waals surface area contributed by atoms with E-state index in [1.807, 2.05) is 0 Å². The van der Waals surface area contributed by atoms with Crippen molar-refractivity contribution in [2.45, 2.75) is 40.2 Å². The van der Waals surface area contributed by atoms with E-state index in [9.17, 15) is 23.2 Å². The molecule has 3 amide bonds. The Kier molecular flexibility index (Phi) is 13.7. The van der Waals surface area contributed by atoms with Gasteiger partial charge in [0.25, 0.3) is 0 Å². The minimum atomic E-state index is -0.930. The van der Waals surface area contributed by atoms with Gasteiger partial charge in [0.05, 0.1) is 35.5 Å². The van der Waals surface area contributed by atoms with Crippen LogP contribution >= 0.6 is 45.9 Å². The second-order valence-corrected chi connectivity index (χ2v) is 12.9. The van der Waals surface area contributed by atoms with Crippen molar-refractivity contribution in [1.82, 2.24) is 19.9 Å². The summed E-state index contributed by atoms with van der Waals surface area (Å²) in [4.78, 5) is 53.4. The van der Waals surface area contributed by atoms with Crippen LogP contribution in [0.5, 0.6) is 0 Å². The number of hydrogen-bond acceptors (Lipinski definition) is 12. The molecule has 0 spiro atoms. The lowest BCUT2D eigenvalue weighted by molar-refractivity contribution is 0.0571. The first-order valence-corrected chi connectivity index (χ1v) is 16.3. The number of imide groups is 1. The number of nitrogens with zero attached hydrogens (tertiary/aromatic N) is 5. The molecular weight excluding hydrogens is 701 g/mol. The van der Waals surface area contributed by atoms with Crippen molar-refractivity contribution in [2.75, 3.05) is 35.2 Å². The molecule has 0 aliphatic carbocycles. The molecule has 1 N–H and O–H groups in total. The number of alkyl halides is 2. The van der Waals surface area contributed by atoms with Crippen molar-refractivity contribution < 1.29 is 37.4 Å². The lowest BCUT2D eigenvalue weighted by Gasteiger charge is -2.25. The highest BCUT2D eigenvalue weighted by Gasteiger charge is 2.33. The first kappa shape index (κ1) is 37.5. The van der Waals surface area contributed by atoms with Gasteiger partial charge in [-0.15, -0.1) is 23.2 Å². The van der Waals surface area contributed by atoms with Gasteiger partial charge in [-0.05, 0) is 46.8 Å². The first-order valence-electron chi connectivity index (χ1n) is 13.6. The molecule has 252 valence electrons. The van der Waals surface area contributed by atoms with Crippen LogP contribution in [0.3, 0.4) is 0 Å². The molecule has 0 bridgehead atoms. The topological polar surface area (TPSA) is 146 Å². The number of thiazole rings is 2. The summed E-state index contributed by atoms with van der Waals surface area (Å²) in [6.45, 7) is 8.45. The lowest BCUT2D eigenvalue weighted by atomic mass is 10.2. The molecule has 0 saturated heterocycles. The molecule has 4 aromatic heterocycles. The fourth-order valence-corrected chi connectivity index (χ4v) is 5.53. The molecule has 4 rings (SSSR count). The van der Waals surface area contributed by atoms with E-state index in [4.69, 9.17) is 37.4 Å². The van der Waals surface area contributed by atoms with Gasteiger partial charge >= 0.3 is 18.3 Å². The third kappa shape index (κ3) is 11.3. The van der Waals surface area contributed by atoms with E-state index in [0.717, 1.165) is 28.6 Å². The molecule has 18 heteroatoms. The van der Waals surface area contributed by atoms with E-state index < -0.39 is 35.5 Å². The van der Waals surface area contributed by atoms with E-state index in [-0.39, 0.29) is 30.0 Å². The van der Waals surface area contributed by atoms with E-state index in [1.165, 1.54) is 35.9 Å². The van der Waals surface area contributed by atoms with Crippen molar-refractivity contribution >= 4 is 74.2 Å². The Morgan fingerprint density at radius 1 is 0.830 bits per heavy atom. The number of carbonyl (C=O) groups excluding carboxylic acids is 3. The minimum Gasteiger partial charge on any atom is -0.448 e. The molecule has 0 saturated carbocycles. The summed E-state index contributed by atoms with van der Waals surface area (Å²) < 4.78 is 41.7. The summed E-state index contributed by atoms with van der Waals surface area (Å²) >= 11 is 13.2. The number of nitrogens with one attached hydrogen (secondary N) is 1. The molecule has 0 radical (unpaired) electrons. The lowest BCUT2D eigenvalue weighted by Crippen LogP contribution is -2.41. The van der Waals surface area contributed by atoms with Crippen molar-refractivity contribution in [2.24, 2.45) is 0 Å². The van der Waals surface area contributed by atoms with Crippen molar-refractivity contribution in [3.63, 3.8) is 0 Å². The third-order valence-corrected chi connectivity index (χ3v) is 7.88. The number of ether oxygens (including phenoxy) is 3. The fraction of sp³-hybridized carbons (Fsp3) is 0.345. The van der Waals surface area contributed by atoms with E-state index >= 15 is 0 Å². The summed E-state index contributed by atoms with van der Waals surface area (Å²) in [5.41, 5.74) is 1.16. The average Bonchev–Trinajstić information content (AvgIpc) is 3.56. The van der Waals surface area contributed by atoms with Crippen molar-refractivity contribution in [1.29, 1.82) is 0 Å². The number of carbonyl (C=O) groups is 3. The number of anilines is 2. The smallest absolute Gasteiger partial charge is 0.425 e. The molecule has 4 aromatic rings. The third-order valence-electron chi connectivity index (χ3n) is 5.26. The van der Waals surface area contributed by atoms with Gasteiger partial charge in [-0.2, -0.15) is 4.90 Å². The molecular formula is C29H30Cl2F2N6O6S2. The Bertz CT molecular complexity index is 1700. The number of halogens is 4. The quantitative estimate of drug-likeness (QED) is 0.139.